The van der Waals surface area contributed by atoms with E-state index in [1.165, 1.54) is 16.9 Å². The average molecular weight is 322 g/mol. The number of amides is 1. The highest BCUT2D eigenvalue weighted by molar-refractivity contribution is 7.11. The van der Waals surface area contributed by atoms with Gasteiger partial charge in [-0.3, -0.25) is 4.79 Å². The zero-order chi connectivity index (χ0) is 16.2. The molecule has 0 saturated heterocycles. The predicted molar refractivity (Wildman–Crippen MR) is 93.8 cm³/mol. The van der Waals surface area contributed by atoms with Crippen LogP contribution in [0.25, 0.3) is 0 Å². The Morgan fingerprint density at radius 3 is 2.26 bits per heavy atom. The fourth-order valence-electron chi connectivity index (χ4n) is 2.48. The van der Waals surface area contributed by atoms with E-state index in [4.69, 9.17) is 0 Å². The van der Waals surface area contributed by atoms with Crippen LogP contribution in [0.15, 0.2) is 60.1 Å². The molecule has 3 aromatic rings. The second-order valence-corrected chi connectivity index (χ2v) is 6.35. The topological polar surface area (TPSA) is 42.0 Å². The summed E-state index contributed by atoms with van der Waals surface area (Å²) >= 11 is 1.37. The Bertz CT molecular complexity index is 794. The quantitative estimate of drug-likeness (QED) is 0.779. The highest BCUT2D eigenvalue weighted by Gasteiger charge is 2.19. The first-order valence-electron chi connectivity index (χ1n) is 7.47. The summed E-state index contributed by atoms with van der Waals surface area (Å²) in [7, 11) is 0. The second kappa shape index (κ2) is 6.75. The van der Waals surface area contributed by atoms with E-state index in [1.807, 2.05) is 37.3 Å². The number of hydrogen-bond donors (Lipinski definition) is 1. The summed E-state index contributed by atoms with van der Waals surface area (Å²) in [6, 6.07) is 18.1. The lowest BCUT2D eigenvalue weighted by atomic mass is 9.97. The third kappa shape index (κ3) is 3.48. The van der Waals surface area contributed by atoms with Crippen LogP contribution in [-0.2, 0) is 0 Å². The molecule has 1 amide bonds. The monoisotopic (exact) mass is 322 g/mol. The molecule has 1 N–H and O–H groups in total. The minimum absolute atomic E-state index is 0.0839. The molecule has 0 aliphatic rings. The first-order chi connectivity index (χ1) is 11.1. The number of rotatable bonds is 4. The summed E-state index contributed by atoms with van der Waals surface area (Å²) in [5, 5.41) is 3.14. The first-order valence-corrected chi connectivity index (χ1v) is 8.35. The van der Waals surface area contributed by atoms with E-state index in [9.17, 15) is 4.79 Å². The minimum Gasteiger partial charge on any atom is -0.340 e. The van der Waals surface area contributed by atoms with Crippen LogP contribution >= 0.6 is 11.3 Å². The zero-order valence-corrected chi connectivity index (χ0v) is 13.9. The Balaban J connectivity index is 1.94. The number of aryl methyl sites for hydroxylation is 2. The molecule has 2 aromatic carbocycles. The van der Waals surface area contributed by atoms with E-state index < -0.39 is 0 Å². The van der Waals surface area contributed by atoms with Crippen molar-refractivity contribution >= 4 is 17.2 Å². The molecule has 1 unspecified atom stereocenters. The summed E-state index contributed by atoms with van der Waals surface area (Å²) in [6.07, 6.45) is 0. The standard InChI is InChI=1S/C19H18N2OS/c1-13-8-10-16(11-9-13)17(15-6-4-3-5-7-15)21-19(22)18-14(2)20-12-23-18/h3-12,17H,1-2H3,(H,21,22). The van der Waals surface area contributed by atoms with Gasteiger partial charge in [0.15, 0.2) is 0 Å². The van der Waals surface area contributed by atoms with Crippen LogP contribution in [0, 0.1) is 13.8 Å². The number of carbonyl (C=O) groups is 1. The minimum atomic E-state index is -0.175. The lowest BCUT2D eigenvalue weighted by Gasteiger charge is -2.20. The van der Waals surface area contributed by atoms with Crippen molar-refractivity contribution in [3.63, 3.8) is 0 Å². The number of nitrogens with zero attached hydrogens (tertiary/aromatic N) is 1. The van der Waals surface area contributed by atoms with Crippen LogP contribution in [0.5, 0.6) is 0 Å². The summed E-state index contributed by atoms with van der Waals surface area (Å²) in [5.74, 6) is -0.0839. The summed E-state index contributed by atoms with van der Waals surface area (Å²) in [6.45, 7) is 3.91. The lowest BCUT2D eigenvalue weighted by molar-refractivity contribution is 0.0946. The van der Waals surface area contributed by atoms with Crippen LogP contribution in [0.4, 0.5) is 0 Å². The number of benzene rings is 2. The van der Waals surface area contributed by atoms with Crippen LogP contribution in [-0.4, -0.2) is 10.9 Å². The van der Waals surface area contributed by atoms with Crippen molar-refractivity contribution in [2.45, 2.75) is 19.9 Å². The molecule has 0 fully saturated rings. The van der Waals surface area contributed by atoms with Crippen molar-refractivity contribution in [3.8, 4) is 0 Å². The Morgan fingerprint density at radius 1 is 1.00 bits per heavy atom. The molecule has 3 nitrogen and oxygen atoms in total. The third-order valence-corrected chi connectivity index (χ3v) is 4.70. The summed E-state index contributed by atoms with van der Waals surface area (Å²) in [4.78, 5) is 17.4. The van der Waals surface area contributed by atoms with Crippen molar-refractivity contribution in [1.29, 1.82) is 0 Å². The fraction of sp³-hybridized carbons (Fsp3) is 0.158. The number of nitrogens with one attached hydrogen (secondary N) is 1. The van der Waals surface area contributed by atoms with Gasteiger partial charge in [0.1, 0.15) is 4.88 Å². The molecule has 1 heterocycles. The van der Waals surface area contributed by atoms with Gasteiger partial charge >= 0.3 is 0 Å². The Morgan fingerprint density at radius 2 is 1.65 bits per heavy atom. The zero-order valence-electron chi connectivity index (χ0n) is 13.1. The maximum atomic E-state index is 12.6. The van der Waals surface area contributed by atoms with Gasteiger partial charge < -0.3 is 5.32 Å². The van der Waals surface area contributed by atoms with Crippen LogP contribution in [0.1, 0.15) is 38.1 Å². The Labute approximate surface area is 140 Å². The van der Waals surface area contributed by atoms with Crippen LogP contribution in [0.2, 0.25) is 0 Å². The molecular weight excluding hydrogens is 304 g/mol. The predicted octanol–water partition coefficient (Wildman–Crippen LogP) is 4.28. The molecule has 0 aliphatic carbocycles. The Kier molecular flexibility index (Phi) is 4.53. The first kappa shape index (κ1) is 15.4. The van der Waals surface area contributed by atoms with Crippen molar-refractivity contribution < 1.29 is 4.79 Å². The van der Waals surface area contributed by atoms with Crippen molar-refractivity contribution in [3.05, 3.63) is 87.4 Å². The largest absolute Gasteiger partial charge is 0.340 e. The van der Waals surface area contributed by atoms with E-state index >= 15 is 0 Å². The number of aromatic nitrogens is 1. The molecule has 116 valence electrons. The SMILES string of the molecule is Cc1ccc(C(NC(=O)c2scnc2C)c2ccccc2)cc1. The van der Waals surface area contributed by atoms with Gasteiger partial charge in [0.25, 0.3) is 5.91 Å². The number of thiazole rings is 1. The molecule has 4 heteroatoms. The maximum absolute atomic E-state index is 12.6. The molecule has 3 rings (SSSR count). The molecular formula is C19H18N2OS. The maximum Gasteiger partial charge on any atom is 0.264 e. The van der Waals surface area contributed by atoms with Crippen LogP contribution in [0.3, 0.4) is 0 Å². The molecule has 23 heavy (non-hydrogen) atoms. The summed E-state index contributed by atoms with van der Waals surface area (Å²) in [5.41, 5.74) is 5.80. The third-order valence-electron chi connectivity index (χ3n) is 3.77. The van der Waals surface area contributed by atoms with E-state index in [-0.39, 0.29) is 11.9 Å². The van der Waals surface area contributed by atoms with Gasteiger partial charge in [-0.05, 0) is 25.0 Å². The van der Waals surface area contributed by atoms with Crippen molar-refractivity contribution in [2.24, 2.45) is 0 Å². The average Bonchev–Trinajstić information content (AvgIpc) is 3.00. The number of carbonyl (C=O) groups excluding carboxylic acids is 1. The molecule has 1 atom stereocenters. The van der Waals surface area contributed by atoms with Gasteiger partial charge in [-0.1, -0.05) is 60.2 Å². The van der Waals surface area contributed by atoms with Gasteiger partial charge in [-0.15, -0.1) is 11.3 Å². The number of hydrogen-bond acceptors (Lipinski definition) is 3. The van der Waals surface area contributed by atoms with E-state index in [0.29, 0.717) is 4.88 Å². The van der Waals surface area contributed by atoms with Gasteiger partial charge in [0, 0.05) is 0 Å². The van der Waals surface area contributed by atoms with Crippen molar-refractivity contribution in [1.82, 2.24) is 10.3 Å². The normalized spacial score (nSPS) is 11.9. The molecule has 0 radical (unpaired) electrons. The van der Waals surface area contributed by atoms with Gasteiger partial charge in [-0.25, -0.2) is 4.98 Å². The molecule has 0 spiro atoms. The molecule has 0 saturated carbocycles. The van der Waals surface area contributed by atoms with Crippen LogP contribution < -0.4 is 5.32 Å². The molecule has 0 bridgehead atoms. The van der Waals surface area contributed by atoms with Crippen molar-refractivity contribution in [2.75, 3.05) is 0 Å². The van der Waals surface area contributed by atoms with Gasteiger partial charge in [0.05, 0.1) is 17.2 Å². The smallest absolute Gasteiger partial charge is 0.264 e. The van der Waals surface area contributed by atoms with E-state index in [0.717, 1.165) is 16.8 Å². The highest BCUT2D eigenvalue weighted by Crippen LogP contribution is 2.24. The van der Waals surface area contributed by atoms with Gasteiger partial charge in [-0.2, -0.15) is 0 Å². The fourth-order valence-corrected chi connectivity index (χ4v) is 3.19. The van der Waals surface area contributed by atoms with E-state index in [1.54, 1.807) is 5.51 Å². The summed E-state index contributed by atoms with van der Waals surface area (Å²) < 4.78 is 0. The van der Waals surface area contributed by atoms with E-state index in [2.05, 4.69) is 41.5 Å². The lowest BCUT2D eigenvalue weighted by Crippen LogP contribution is -2.29. The second-order valence-electron chi connectivity index (χ2n) is 5.49. The Hall–Kier alpha value is -2.46. The van der Waals surface area contributed by atoms with Gasteiger partial charge in [0.2, 0.25) is 0 Å². The molecule has 0 aliphatic heterocycles. The molecule has 1 aromatic heterocycles. The highest BCUT2D eigenvalue weighted by atomic mass is 32.1.